The van der Waals surface area contributed by atoms with E-state index in [1.807, 2.05) is 99.0 Å². The summed E-state index contributed by atoms with van der Waals surface area (Å²) in [5, 5.41) is 29.6. The highest BCUT2D eigenvalue weighted by Crippen LogP contribution is 2.46. The first-order valence-electron chi connectivity index (χ1n) is 20.2. The maximum absolute atomic E-state index is 14.8. The van der Waals surface area contributed by atoms with E-state index in [-0.39, 0.29) is 11.1 Å². The van der Waals surface area contributed by atoms with Gasteiger partial charge >= 0.3 is 6.18 Å². The third-order valence-electron chi connectivity index (χ3n) is 12.8. The van der Waals surface area contributed by atoms with Gasteiger partial charge in [0.2, 0.25) is 0 Å². The Labute approximate surface area is 351 Å². The van der Waals surface area contributed by atoms with E-state index in [2.05, 4.69) is 78.9 Å². The fourth-order valence-corrected chi connectivity index (χ4v) is 10.2. The molecule has 0 fully saturated rings. The van der Waals surface area contributed by atoms with Crippen LogP contribution >= 0.6 is 0 Å². The second-order valence-electron chi connectivity index (χ2n) is 16.0. The molecule has 9 heteroatoms. The SMILES string of the molecule is Cn1c2ccccc2c2ccc3c4ccccc4n(-c4cc(-c5cc(C#N)cc(C(F)(F)F)c5)c(-n5c6ccccc6c6ccc7c8ccccc8n(C)c7c65)cc4C#N)c3c21. The zero-order valence-corrected chi connectivity index (χ0v) is 33.3. The largest absolute Gasteiger partial charge is 0.416 e. The van der Waals surface area contributed by atoms with Crippen LogP contribution in [0.2, 0.25) is 0 Å². The molecule has 0 spiro atoms. The van der Waals surface area contributed by atoms with Gasteiger partial charge in [0.25, 0.3) is 0 Å². The molecule has 0 N–H and O–H groups in total. The van der Waals surface area contributed by atoms with E-state index >= 15 is 0 Å². The van der Waals surface area contributed by atoms with E-state index in [4.69, 9.17) is 0 Å². The summed E-state index contributed by atoms with van der Waals surface area (Å²) in [5.41, 5.74) is 8.25. The highest BCUT2D eigenvalue weighted by atomic mass is 19.4. The zero-order chi connectivity index (χ0) is 42.2. The van der Waals surface area contributed by atoms with E-state index < -0.39 is 11.7 Å². The molecule has 0 aliphatic heterocycles. The van der Waals surface area contributed by atoms with Crippen molar-refractivity contribution < 1.29 is 13.2 Å². The molecule has 0 unspecified atom stereocenters. The van der Waals surface area contributed by atoms with Crippen LogP contribution in [0.5, 0.6) is 0 Å². The summed E-state index contributed by atoms with van der Waals surface area (Å²) in [6, 6.07) is 52.6. The Morgan fingerprint density at radius 3 is 1.34 bits per heavy atom. The summed E-state index contributed by atoms with van der Waals surface area (Å²) in [6.45, 7) is 0. The molecular formula is C53H31F3N6. The standard InChI is InChI=1S/C53H31F3N6/c1-59-43-15-7-3-11-34(43)38-19-21-40-36-13-5-9-17-45(36)61(51(40)49(38)59)47-27-42(31-23-30(28-57)24-33(25-31)53(54,55)56)48(26-32(47)29-58)62-46-18-10-6-14-37(46)41-22-20-39-35-12-4-8-16-44(35)60(2)50(39)52(41)62/h3-27H,1-2H3. The molecule has 0 aliphatic carbocycles. The molecule has 0 bridgehead atoms. The van der Waals surface area contributed by atoms with Gasteiger partial charge in [0.1, 0.15) is 6.07 Å². The van der Waals surface area contributed by atoms with Crippen molar-refractivity contribution in [3.05, 3.63) is 168 Å². The highest BCUT2D eigenvalue weighted by molar-refractivity contribution is 6.25. The minimum atomic E-state index is -4.73. The summed E-state index contributed by atoms with van der Waals surface area (Å²) < 4.78 is 52.9. The normalized spacial score (nSPS) is 12.2. The van der Waals surface area contributed by atoms with Gasteiger partial charge in [0, 0.05) is 73.8 Å². The molecule has 0 radical (unpaired) electrons. The van der Waals surface area contributed by atoms with Crippen molar-refractivity contribution in [2.75, 3.05) is 0 Å². The van der Waals surface area contributed by atoms with E-state index in [0.29, 0.717) is 22.5 Å². The van der Waals surface area contributed by atoms with Crippen molar-refractivity contribution in [3.63, 3.8) is 0 Å². The summed E-state index contributed by atoms with van der Waals surface area (Å²) in [4.78, 5) is 0. The minimum absolute atomic E-state index is 0.126. The Morgan fingerprint density at radius 2 is 0.871 bits per heavy atom. The third-order valence-corrected chi connectivity index (χ3v) is 12.8. The van der Waals surface area contributed by atoms with Crippen molar-refractivity contribution in [3.8, 4) is 34.6 Å². The van der Waals surface area contributed by atoms with Crippen LogP contribution in [0.25, 0.3) is 110 Å². The van der Waals surface area contributed by atoms with Gasteiger partial charge in [0.05, 0.1) is 67.2 Å². The van der Waals surface area contributed by atoms with E-state index in [1.165, 1.54) is 6.07 Å². The van der Waals surface area contributed by atoms with Gasteiger partial charge in [-0.05, 0) is 60.2 Å². The number of nitriles is 2. The van der Waals surface area contributed by atoms with Crippen LogP contribution in [0.15, 0.2) is 152 Å². The van der Waals surface area contributed by atoms with Crippen LogP contribution < -0.4 is 0 Å². The van der Waals surface area contributed by atoms with Crippen LogP contribution in [0.4, 0.5) is 13.2 Å². The van der Waals surface area contributed by atoms with Gasteiger partial charge in [-0.3, -0.25) is 0 Å². The Balaban J connectivity index is 1.29. The van der Waals surface area contributed by atoms with Crippen LogP contribution in [0, 0.1) is 22.7 Å². The second kappa shape index (κ2) is 12.6. The molecular weight excluding hydrogens is 778 g/mol. The number of aryl methyl sites for hydroxylation is 2. The van der Waals surface area contributed by atoms with Crippen LogP contribution in [-0.2, 0) is 20.3 Å². The summed E-state index contributed by atoms with van der Waals surface area (Å²) in [6.07, 6.45) is -4.73. The van der Waals surface area contributed by atoms with E-state index in [0.717, 1.165) is 99.4 Å². The van der Waals surface area contributed by atoms with Crippen molar-refractivity contribution in [2.24, 2.45) is 14.1 Å². The summed E-state index contributed by atoms with van der Waals surface area (Å²) >= 11 is 0. The fraction of sp³-hybridized carbons (Fsp3) is 0.0566. The maximum atomic E-state index is 14.8. The lowest BCUT2D eigenvalue weighted by Gasteiger charge is -2.20. The summed E-state index contributed by atoms with van der Waals surface area (Å²) in [5.74, 6) is 0. The van der Waals surface area contributed by atoms with E-state index in [1.54, 1.807) is 0 Å². The topological polar surface area (TPSA) is 67.3 Å². The van der Waals surface area contributed by atoms with E-state index in [9.17, 15) is 23.7 Å². The van der Waals surface area contributed by atoms with Crippen molar-refractivity contribution in [1.82, 2.24) is 18.3 Å². The lowest BCUT2D eigenvalue weighted by Crippen LogP contribution is -2.07. The molecule has 0 saturated carbocycles. The number of aromatic nitrogens is 4. The maximum Gasteiger partial charge on any atom is 0.416 e. The molecule has 12 rings (SSSR count). The Bertz CT molecular complexity index is 4030. The predicted octanol–water partition coefficient (Wildman–Crippen LogP) is 13.6. The number of fused-ring (bicyclic) bond motifs is 14. The second-order valence-corrected chi connectivity index (χ2v) is 16.0. The molecule has 4 aromatic heterocycles. The number of hydrogen-bond acceptors (Lipinski definition) is 2. The molecule has 0 aliphatic rings. The van der Waals surface area contributed by atoms with Crippen LogP contribution in [-0.4, -0.2) is 18.3 Å². The molecule has 62 heavy (non-hydrogen) atoms. The highest BCUT2D eigenvalue weighted by Gasteiger charge is 2.32. The lowest BCUT2D eigenvalue weighted by molar-refractivity contribution is -0.137. The van der Waals surface area contributed by atoms with Crippen molar-refractivity contribution >= 4 is 87.2 Å². The van der Waals surface area contributed by atoms with Gasteiger partial charge in [-0.15, -0.1) is 0 Å². The molecule has 8 aromatic carbocycles. The summed E-state index contributed by atoms with van der Waals surface area (Å²) in [7, 11) is 4.06. The minimum Gasteiger partial charge on any atom is -0.342 e. The number of nitrogens with zero attached hydrogens (tertiary/aromatic N) is 6. The van der Waals surface area contributed by atoms with Crippen LogP contribution in [0.3, 0.4) is 0 Å². The fourth-order valence-electron chi connectivity index (χ4n) is 10.2. The Morgan fingerprint density at radius 1 is 0.435 bits per heavy atom. The first-order valence-corrected chi connectivity index (χ1v) is 20.2. The lowest BCUT2D eigenvalue weighted by atomic mass is 9.95. The molecule has 12 aromatic rings. The molecule has 4 heterocycles. The number of hydrogen-bond donors (Lipinski definition) is 0. The van der Waals surface area contributed by atoms with Gasteiger partial charge < -0.3 is 18.3 Å². The quantitative estimate of drug-likeness (QED) is 0.178. The molecule has 6 nitrogen and oxygen atoms in total. The van der Waals surface area contributed by atoms with Gasteiger partial charge in [-0.1, -0.05) is 97.1 Å². The smallest absolute Gasteiger partial charge is 0.342 e. The van der Waals surface area contributed by atoms with Crippen LogP contribution in [0.1, 0.15) is 16.7 Å². The number of benzene rings is 8. The first-order chi connectivity index (χ1) is 30.2. The molecule has 294 valence electrons. The average molecular weight is 809 g/mol. The molecule has 0 atom stereocenters. The Kier molecular flexibility index (Phi) is 7.26. The molecule has 0 saturated heterocycles. The van der Waals surface area contributed by atoms with Gasteiger partial charge in [-0.2, -0.15) is 23.7 Å². The predicted molar refractivity (Wildman–Crippen MR) is 243 cm³/mol. The zero-order valence-electron chi connectivity index (χ0n) is 33.3. The van der Waals surface area contributed by atoms with Crippen molar-refractivity contribution in [2.45, 2.75) is 6.18 Å². The third kappa shape index (κ3) is 4.73. The number of para-hydroxylation sites is 4. The number of halogens is 3. The number of rotatable bonds is 3. The first kappa shape index (κ1) is 35.7. The number of alkyl halides is 3. The monoisotopic (exact) mass is 808 g/mol. The van der Waals surface area contributed by atoms with Gasteiger partial charge in [0.15, 0.2) is 0 Å². The molecule has 0 amide bonds. The average Bonchev–Trinajstić information content (AvgIpc) is 4.00. The van der Waals surface area contributed by atoms with Crippen molar-refractivity contribution in [1.29, 1.82) is 10.5 Å². The Hall–Kier alpha value is -8.27. The van der Waals surface area contributed by atoms with Gasteiger partial charge in [-0.25, -0.2) is 0 Å².